The summed E-state index contributed by atoms with van der Waals surface area (Å²) >= 11 is 0. The lowest BCUT2D eigenvalue weighted by molar-refractivity contribution is -0.151. The van der Waals surface area contributed by atoms with Crippen LogP contribution in [-0.4, -0.2) is 66.2 Å². The van der Waals surface area contributed by atoms with E-state index in [4.69, 9.17) is 4.74 Å². The maximum absolute atomic E-state index is 13.5. The first-order chi connectivity index (χ1) is 10.5. The minimum Gasteiger partial charge on any atom is -0.484 e. The van der Waals surface area contributed by atoms with E-state index in [9.17, 15) is 14.3 Å². The SMILES string of the molecule is CN1CC[C@H](O)[C@H](C(=O)N2CC(Oc3ccccc3F)C2)C1. The van der Waals surface area contributed by atoms with E-state index in [1.807, 2.05) is 7.05 Å². The van der Waals surface area contributed by atoms with Gasteiger partial charge in [-0.3, -0.25) is 4.79 Å². The van der Waals surface area contributed by atoms with Gasteiger partial charge in [0.05, 0.1) is 25.1 Å². The molecule has 0 aromatic heterocycles. The average Bonchev–Trinajstić information content (AvgIpc) is 2.46. The summed E-state index contributed by atoms with van der Waals surface area (Å²) in [5.74, 6) is -0.575. The maximum Gasteiger partial charge on any atom is 0.229 e. The van der Waals surface area contributed by atoms with Crippen molar-refractivity contribution in [1.29, 1.82) is 0 Å². The number of halogens is 1. The highest BCUT2D eigenvalue weighted by atomic mass is 19.1. The van der Waals surface area contributed by atoms with Gasteiger partial charge in [0.15, 0.2) is 11.6 Å². The average molecular weight is 308 g/mol. The molecule has 0 unspecified atom stereocenters. The number of carbonyl (C=O) groups excluding carboxylic acids is 1. The molecule has 120 valence electrons. The smallest absolute Gasteiger partial charge is 0.229 e. The molecule has 0 saturated carbocycles. The Balaban J connectivity index is 1.52. The van der Waals surface area contributed by atoms with Gasteiger partial charge in [-0.1, -0.05) is 12.1 Å². The number of rotatable bonds is 3. The zero-order valence-electron chi connectivity index (χ0n) is 12.6. The minimum absolute atomic E-state index is 0.0348. The summed E-state index contributed by atoms with van der Waals surface area (Å²) in [7, 11) is 1.95. The number of hydrogen-bond acceptors (Lipinski definition) is 4. The van der Waals surface area contributed by atoms with E-state index in [0.29, 0.717) is 26.1 Å². The molecule has 0 bridgehead atoms. The molecular weight excluding hydrogens is 287 g/mol. The molecule has 6 heteroatoms. The second-order valence-electron chi connectivity index (χ2n) is 6.14. The lowest BCUT2D eigenvalue weighted by Crippen LogP contribution is -2.60. The molecule has 5 nitrogen and oxygen atoms in total. The fraction of sp³-hybridized carbons (Fsp3) is 0.562. The van der Waals surface area contributed by atoms with Gasteiger partial charge in [-0.2, -0.15) is 0 Å². The van der Waals surface area contributed by atoms with Crippen LogP contribution < -0.4 is 4.74 Å². The molecule has 0 spiro atoms. The van der Waals surface area contributed by atoms with Crippen molar-refractivity contribution in [1.82, 2.24) is 9.80 Å². The van der Waals surface area contributed by atoms with Crippen LogP contribution in [0.1, 0.15) is 6.42 Å². The van der Waals surface area contributed by atoms with E-state index in [1.54, 1.807) is 23.1 Å². The molecule has 2 fully saturated rings. The van der Waals surface area contributed by atoms with Crippen LogP contribution in [0, 0.1) is 11.7 Å². The second kappa shape index (κ2) is 6.22. The van der Waals surface area contributed by atoms with E-state index < -0.39 is 11.9 Å². The number of likely N-dealkylation sites (tertiary alicyclic amines) is 2. The molecular formula is C16H21FN2O3. The van der Waals surface area contributed by atoms with Crippen molar-refractivity contribution in [3.05, 3.63) is 30.1 Å². The van der Waals surface area contributed by atoms with E-state index >= 15 is 0 Å². The second-order valence-corrected chi connectivity index (χ2v) is 6.14. The molecule has 1 N–H and O–H groups in total. The van der Waals surface area contributed by atoms with Crippen molar-refractivity contribution < 1.29 is 19.0 Å². The zero-order valence-corrected chi connectivity index (χ0v) is 12.6. The number of aliphatic hydroxyl groups is 1. The molecule has 0 aliphatic carbocycles. The number of amides is 1. The molecule has 2 heterocycles. The van der Waals surface area contributed by atoms with Gasteiger partial charge in [-0.25, -0.2) is 4.39 Å². The van der Waals surface area contributed by atoms with Gasteiger partial charge in [-0.15, -0.1) is 0 Å². The number of nitrogens with zero attached hydrogens (tertiary/aromatic N) is 2. The number of benzene rings is 1. The Morgan fingerprint density at radius 1 is 1.32 bits per heavy atom. The molecule has 2 atom stereocenters. The van der Waals surface area contributed by atoms with Gasteiger partial charge in [-0.05, 0) is 25.6 Å². The first kappa shape index (κ1) is 15.2. The lowest BCUT2D eigenvalue weighted by Gasteiger charge is -2.43. The van der Waals surface area contributed by atoms with Crippen LogP contribution in [-0.2, 0) is 4.79 Å². The number of hydrogen-bond donors (Lipinski definition) is 1. The molecule has 2 aliphatic rings. The van der Waals surface area contributed by atoms with Crippen LogP contribution in [0.3, 0.4) is 0 Å². The summed E-state index contributed by atoms with van der Waals surface area (Å²) in [5, 5.41) is 10.0. The number of carbonyl (C=O) groups is 1. The van der Waals surface area contributed by atoms with Crippen molar-refractivity contribution in [3.8, 4) is 5.75 Å². The Morgan fingerprint density at radius 2 is 2.05 bits per heavy atom. The van der Waals surface area contributed by atoms with E-state index in [1.165, 1.54) is 6.07 Å². The standard InChI is InChI=1S/C16H21FN2O3/c1-18-7-6-14(20)12(10-18)16(21)19-8-11(9-19)22-15-5-3-2-4-13(15)17/h2-5,11-12,14,20H,6-10H2,1H3/t12-,14+/m1/s1. The Labute approximate surface area is 129 Å². The third-order valence-corrected chi connectivity index (χ3v) is 4.39. The fourth-order valence-corrected chi connectivity index (χ4v) is 2.99. The van der Waals surface area contributed by atoms with Crippen molar-refractivity contribution in [2.45, 2.75) is 18.6 Å². The number of ether oxygens (including phenoxy) is 1. The van der Waals surface area contributed by atoms with Crippen LogP contribution in [0.15, 0.2) is 24.3 Å². The number of para-hydroxylation sites is 1. The predicted octanol–water partition coefficient (Wildman–Crippen LogP) is 0.728. The lowest BCUT2D eigenvalue weighted by atomic mass is 9.92. The largest absolute Gasteiger partial charge is 0.484 e. The normalized spacial score (nSPS) is 26.6. The summed E-state index contributed by atoms with van der Waals surface area (Å²) in [4.78, 5) is 16.1. The summed E-state index contributed by atoms with van der Waals surface area (Å²) in [5.41, 5.74) is 0. The summed E-state index contributed by atoms with van der Waals surface area (Å²) in [6.45, 7) is 2.28. The first-order valence-corrected chi connectivity index (χ1v) is 7.61. The van der Waals surface area contributed by atoms with Crippen molar-refractivity contribution in [2.75, 3.05) is 33.2 Å². The van der Waals surface area contributed by atoms with Gasteiger partial charge < -0.3 is 19.6 Å². The molecule has 2 aliphatic heterocycles. The Kier molecular flexibility index (Phi) is 4.31. The molecule has 1 amide bonds. The molecule has 1 aromatic rings. The zero-order chi connectivity index (χ0) is 15.7. The highest BCUT2D eigenvalue weighted by molar-refractivity contribution is 5.80. The van der Waals surface area contributed by atoms with Crippen molar-refractivity contribution >= 4 is 5.91 Å². The van der Waals surface area contributed by atoms with Gasteiger partial charge in [0.1, 0.15) is 6.10 Å². The Morgan fingerprint density at radius 3 is 2.77 bits per heavy atom. The molecule has 0 radical (unpaired) electrons. The predicted molar refractivity (Wildman–Crippen MR) is 79.0 cm³/mol. The Bertz CT molecular complexity index is 548. The van der Waals surface area contributed by atoms with Crippen LogP contribution in [0.4, 0.5) is 4.39 Å². The number of aliphatic hydroxyl groups excluding tert-OH is 1. The van der Waals surface area contributed by atoms with Crippen molar-refractivity contribution in [3.63, 3.8) is 0 Å². The van der Waals surface area contributed by atoms with Crippen LogP contribution in [0.25, 0.3) is 0 Å². The van der Waals surface area contributed by atoms with Crippen LogP contribution in [0.2, 0.25) is 0 Å². The summed E-state index contributed by atoms with van der Waals surface area (Å²) < 4.78 is 19.1. The van der Waals surface area contributed by atoms with E-state index in [-0.39, 0.29) is 23.7 Å². The van der Waals surface area contributed by atoms with Gasteiger partial charge in [0, 0.05) is 13.1 Å². The third-order valence-electron chi connectivity index (χ3n) is 4.39. The maximum atomic E-state index is 13.5. The van der Waals surface area contributed by atoms with Gasteiger partial charge in [0.25, 0.3) is 0 Å². The third kappa shape index (κ3) is 3.08. The van der Waals surface area contributed by atoms with E-state index in [2.05, 4.69) is 4.90 Å². The molecule has 22 heavy (non-hydrogen) atoms. The van der Waals surface area contributed by atoms with Crippen LogP contribution >= 0.6 is 0 Å². The van der Waals surface area contributed by atoms with Crippen molar-refractivity contribution in [2.24, 2.45) is 5.92 Å². The first-order valence-electron chi connectivity index (χ1n) is 7.61. The summed E-state index contributed by atoms with van der Waals surface area (Å²) in [6.07, 6.45) is -0.134. The quantitative estimate of drug-likeness (QED) is 0.894. The van der Waals surface area contributed by atoms with E-state index in [0.717, 1.165) is 6.54 Å². The minimum atomic E-state index is -0.574. The summed E-state index contributed by atoms with van der Waals surface area (Å²) in [6, 6.07) is 6.26. The monoisotopic (exact) mass is 308 g/mol. The van der Waals surface area contributed by atoms with Crippen LogP contribution in [0.5, 0.6) is 5.75 Å². The topological polar surface area (TPSA) is 53.0 Å². The molecule has 3 rings (SSSR count). The molecule has 1 aromatic carbocycles. The highest BCUT2D eigenvalue weighted by Gasteiger charge is 2.40. The highest BCUT2D eigenvalue weighted by Crippen LogP contribution is 2.25. The van der Waals surface area contributed by atoms with Gasteiger partial charge in [0.2, 0.25) is 5.91 Å². The molecule has 2 saturated heterocycles. The Hall–Kier alpha value is -1.66. The van der Waals surface area contributed by atoms with Gasteiger partial charge >= 0.3 is 0 Å². The fourth-order valence-electron chi connectivity index (χ4n) is 2.99. The number of piperidine rings is 1.